The lowest BCUT2D eigenvalue weighted by molar-refractivity contribution is 0.446. The van der Waals surface area contributed by atoms with Crippen molar-refractivity contribution in [2.45, 2.75) is 52.5 Å². The Morgan fingerprint density at radius 2 is 1.68 bits per heavy atom. The fourth-order valence-electron chi connectivity index (χ4n) is 2.64. The number of aryl methyl sites for hydroxylation is 1. The van der Waals surface area contributed by atoms with E-state index < -0.39 is 0 Å². The van der Waals surface area contributed by atoms with Crippen LogP contribution in [0.15, 0.2) is 42.5 Å². The van der Waals surface area contributed by atoms with E-state index in [0.717, 1.165) is 17.7 Å². The first-order chi connectivity index (χ1) is 10.3. The van der Waals surface area contributed by atoms with Crippen molar-refractivity contribution in [3.63, 3.8) is 0 Å². The number of anilines is 1. The Morgan fingerprint density at radius 3 is 2.23 bits per heavy atom. The summed E-state index contributed by atoms with van der Waals surface area (Å²) in [5.74, 6) is 0.376. The minimum Gasteiger partial charge on any atom is -0.508 e. The molecule has 1 unspecified atom stereocenters. The summed E-state index contributed by atoms with van der Waals surface area (Å²) in [6.07, 6.45) is 0.988. The molecule has 2 aromatic carbocycles. The van der Waals surface area contributed by atoms with E-state index in [4.69, 9.17) is 0 Å². The average Bonchev–Trinajstić information content (AvgIpc) is 2.46. The van der Waals surface area contributed by atoms with E-state index >= 15 is 0 Å². The van der Waals surface area contributed by atoms with Crippen LogP contribution in [0.4, 0.5) is 5.69 Å². The first-order valence-corrected chi connectivity index (χ1v) is 7.98. The van der Waals surface area contributed by atoms with Crippen LogP contribution in [0.5, 0.6) is 5.75 Å². The second-order valence-electron chi connectivity index (χ2n) is 7.00. The predicted octanol–water partition coefficient (Wildman–Crippen LogP) is 5.56. The van der Waals surface area contributed by atoms with Gasteiger partial charge in [-0.1, -0.05) is 51.5 Å². The van der Waals surface area contributed by atoms with Gasteiger partial charge >= 0.3 is 0 Å². The number of hydrogen-bond acceptors (Lipinski definition) is 2. The minimum absolute atomic E-state index is 0.0672. The second kappa shape index (κ2) is 6.43. The third-order valence-corrected chi connectivity index (χ3v) is 4.03. The van der Waals surface area contributed by atoms with Gasteiger partial charge < -0.3 is 10.4 Å². The van der Waals surface area contributed by atoms with E-state index in [1.165, 1.54) is 11.1 Å². The normalized spacial score (nSPS) is 13.0. The van der Waals surface area contributed by atoms with Gasteiger partial charge in [0.25, 0.3) is 0 Å². The molecule has 2 heteroatoms. The zero-order chi connectivity index (χ0) is 16.3. The van der Waals surface area contributed by atoms with Crippen LogP contribution in [-0.4, -0.2) is 5.11 Å². The Balaban J connectivity index is 2.29. The zero-order valence-corrected chi connectivity index (χ0v) is 14.3. The van der Waals surface area contributed by atoms with Crippen LogP contribution < -0.4 is 5.32 Å². The van der Waals surface area contributed by atoms with Gasteiger partial charge in [0.15, 0.2) is 0 Å². The lowest BCUT2D eigenvalue weighted by Crippen LogP contribution is -2.14. The number of hydrogen-bond donors (Lipinski definition) is 2. The fraction of sp³-hybridized carbons (Fsp3) is 0.400. The molecule has 2 N–H and O–H groups in total. The number of nitrogens with one attached hydrogen (secondary N) is 1. The van der Waals surface area contributed by atoms with Gasteiger partial charge in [-0.25, -0.2) is 0 Å². The molecule has 0 aromatic heterocycles. The summed E-state index contributed by atoms with van der Waals surface area (Å²) in [7, 11) is 0. The topological polar surface area (TPSA) is 32.3 Å². The monoisotopic (exact) mass is 297 g/mol. The summed E-state index contributed by atoms with van der Waals surface area (Å²) in [5.41, 5.74) is 4.53. The number of aromatic hydroxyl groups is 1. The summed E-state index contributed by atoms with van der Waals surface area (Å²) in [6, 6.07) is 14.7. The summed E-state index contributed by atoms with van der Waals surface area (Å²) in [5, 5.41) is 13.7. The highest BCUT2D eigenvalue weighted by atomic mass is 16.3. The first kappa shape index (κ1) is 16.4. The molecule has 1 atom stereocenters. The van der Waals surface area contributed by atoms with Gasteiger partial charge in [0.2, 0.25) is 0 Å². The molecule has 0 amide bonds. The molecule has 0 radical (unpaired) electrons. The first-order valence-electron chi connectivity index (χ1n) is 7.98. The lowest BCUT2D eigenvalue weighted by Gasteiger charge is -2.24. The van der Waals surface area contributed by atoms with Gasteiger partial charge in [-0.05, 0) is 54.2 Å². The number of phenolic OH excluding ortho intramolecular Hbond substituents is 1. The quantitative estimate of drug-likeness (QED) is 0.774. The molecular formula is C20H27NO. The highest BCUT2D eigenvalue weighted by Crippen LogP contribution is 2.34. The Kier molecular flexibility index (Phi) is 4.80. The van der Waals surface area contributed by atoms with E-state index in [9.17, 15) is 5.11 Å². The van der Waals surface area contributed by atoms with Crippen molar-refractivity contribution in [2.24, 2.45) is 0 Å². The summed E-state index contributed by atoms with van der Waals surface area (Å²) in [6.45, 7) is 10.6. The van der Waals surface area contributed by atoms with Crippen LogP contribution in [0.25, 0.3) is 0 Å². The lowest BCUT2D eigenvalue weighted by atomic mass is 9.84. The van der Waals surface area contributed by atoms with Crippen molar-refractivity contribution >= 4 is 5.69 Å². The van der Waals surface area contributed by atoms with Crippen molar-refractivity contribution in [1.29, 1.82) is 0 Å². The number of benzene rings is 2. The maximum absolute atomic E-state index is 10.1. The Labute approximate surface area is 134 Å². The highest BCUT2D eigenvalue weighted by Gasteiger charge is 2.20. The van der Waals surface area contributed by atoms with Crippen molar-refractivity contribution in [2.75, 3.05) is 5.32 Å². The molecule has 0 fully saturated rings. The van der Waals surface area contributed by atoms with Crippen LogP contribution in [0.1, 0.15) is 56.8 Å². The molecule has 2 nitrogen and oxygen atoms in total. The largest absolute Gasteiger partial charge is 0.508 e. The smallest absolute Gasteiger partial charge is 0.119 e. The standard InChI is InChI=1S/C20H27NO/c1-6-18(21-16-10-7-14(2)8-11-16)15-9-12-19(22)17(13-15)20(3,4)5/h7-13,18,21-22H,6H2,1-5H3. The average molecular weight is 297 g/mol. The molecule has 0 saturated heterocycles. The molecular weight excluding hydrogens is 270 g/mol. The van der Waals surface area contributed by atoms with Gasteiger partial charge in [0.05, 0.1) is 6.04 Å². The molecule has 0 spiro atoms. The molecule has 22 heavy (non-hydrogen) atoms. The summed E-state index contributed by atoms with van der Waals surface area (Å²) in [4.78, 5) is 0. The van der Waals surface area contributed by atoms with E-state index in [0.29, 0.717) is 5.75 Å². The Morgan fingerprint density at radius 1 is 1.05 bits per heavy atom. The number of rotatable bonds is 4. The maximum Gasteiger partial charge on any atom is 0.119 e. The fourth-order valence-corrected chi connectivity index (χ4v) is 2.64. The molecule has 0 aliphatic rings. The van der Waals surface area contributed by atoms with Crippen molar-refractivity contribution in [1.82, 2.24) is 0 Å². The molecule has 118 valence electrons. The summed E-state index contributed by atoms with van der Waals surface area (Å²) < 4.78 is 0. The van der Waals surface area contributed by atoms with Crippen LogP contribution in [0.2, 0.25) is 0 Å². The molecule has 0 saturated carbocycles. The molecule has 2 aromatic rings. The maximum atomic E-state index is 10.1. The minimum atomic E-state index is -0.0672. The van der Waals surface area contributed by atoms with Crippen molar-refractivity contribution in [3.05, 3.63) is 59.2 Å². The zero-order valence-electron chi connectivity index (χ0n) is 14.3. The summed E-state index contributed by atoms with van der Waals surface area (Å²) >= 11 is 0. The van der Waals surface area contributed by atoms with E-state index in [2.05, 4.69) is 70.3 Å². The third kappa shape index (κ3) is 3.82. The second-order valence-corrected chi connectivity index (χ2v) is 7.00. The SMILES string of the molecule is CCC(Nc1ccc(C)cc1)c1ccc(O)c(C(C)(C)C)c1. The van der Waals surface area contributed by atoms with Crippen molar-refractivity contribution < 1.29 is 5.11 Å². The van der Waals surface area contributed by atoms with Crippen LogP contribution in [0.3, 0.4) is 0 Å². The predicted molar refractivity (Wildman–Crippen MR) is 94.6 cm³/mol. The van der Waals surface area contributed by atoms with Crippen LogP contribution in [-0.2, 0) is 5.41 Å². The number of phenols is 1. The van der Waals surface area contributed by atoms with E-state index in [1.807, 2.05) is 12.1 Å². The third-order valence-electron chi connectivity index (χ3n) is 4.03. The molecule has 0 heterocycles. The van der Waals surface area contributed by atoms with Gasteiger partial charge in [-0.15, -0.1) is 0 Å². The Hall–Kier alpha value is -1.96. The van der Waals surface area contributed by atoms with E-state index in [1.54, 1.807) is 0 Å². The van der Waals surface area contributed by atoms with Gasteiger partial charge in [-0.2, -0.15) is 0 Å². The van der Waals surface area contributed by atoms with Gasteiger partial charge in [-0.3, -0.25) is 0 Å². The van der Waals surface area contributed by atoms with Crippen molar-refractivity contribution in [3.8, 4) is 5.75 Å². The van der Waals surface area contributed by atoms with Crippen LogP contribution >= 0.6 is 0 Å². The van der Waals surface area contributed by atoms with Gasteiger partial charge in [0.1, 0.15) is 5.75 Å². The van der Waals surface area contributed by atoms with Crippen LogP contribution in [0, 0.1) is 6.92 Å². The molecule has 0 aliphatic carbocycles. The molecule has 0 aliphatic heterocycles. The highest BCUT2D eigenvalue weighted by molar-refractivity contribution is 5.48. The van der Waals surface area contributed by atoms with Gasteiger partial charge in [0, 0.05) is 5.69 Å². The molecule has 2 rings (SSSR count). The van der Waals surface area contributed by atoms with E-state index in [-0.39, 0.29) is 11.5 Å². The molecule has 0 bridgehead atoms. The Bertz CT molecular complexity index is 623.